The molecular weight excluding hydrogens is 558 g/mol. The van der Waals surface area contributed by atoms with E-state index in [0.29, 0.717) is 0 Å². The van der Waals surface area contributed by atoms with Gasteiger partial charge in [-0.3, -0.25) is 9.59 Å². The van der Waals surface area contributed by atoms with Crippen molar-refractivity contribution in [2.24, 2.45) is 0 Å². The zero-order chi connectivity index (χ0) is 31.8. The molecular formula is C40H37NO4. The van der Waals surface area contributed by atoms with Gasteiger partial charge in [-0.05, 0) is 89.7 Å². The Morgan fingerprint density at radius 2 is 0.889 bits per heavy atom. The van der Waals surface area contributed by atoms with Gasteiger partial charge in [0.1, 0.15) is 13.2 Å². The Morgan fingerprint density at radius 1 is 0.533 bits per heavy atom. The van der Waals surface area contributed by atoms with E-state index in [4.69, 9.17) is 9.47 Å². The van der Waals surface area contributed by atoms with Crippen LogP contribution in [-0.4, -0.2) is 11.9 Å². The number of benzene rings is 5. The van der Waals surface area contributed by atoms with Gasteiger partial charge < -0.3 is 14.4 Å². The number of nitrogens with zero attached hydrogens (tertiary/aromatic N) is 1. The number of carbonyl (C=O) groups is 2. The number of ether oxygens (including phenoxy) is 2. The van der Waals surface area contributed by atoms with Crippen molar-refractivity contribution in [1.29, 1.82) is 0 Å². The van der Waals surface area contributed by atoms with E-state index in [1.807, 2.05) is 48.5 Å². The lowest BCUT2D eigenvalue weighted by molar-refractivity contribution is -0.143. The van der Waals surface area contributed by atoms with Crippen molar-refractivity contribution in [1.82, 2.24) is 0 Å². The molecule has 0 bridgehead atoms. The molecule has 0 radical (unpaired) electrons. The summed E-state index contributed by atoms with van der Waals surface area (Å²) in [5.41, 5.74) is 11.7. The molecule has 0 aliphatic carbocycles. The number of anilines is 3. The van der Waals surface area contributed by atoms with Crippen LogP contribution in [0.3, 0.4) is 0 Å². The van der Waals surface area contributed by atoms with Crippen LogP contribution in [0.15, 0.2) is 121 Å². The summed E-state index contributed by atoms with van der Waals surface area (Å²) in [6.07, 6.45) is 2.23. The lowest BCUT2D eigenvalue weighted by atomic mass is 9.94. The highest BCUT2D eigenvalue weighted by molar-refractivity contribution is 5.92. The maximum absolute atomic E-state index is 11.3. The molecule has 0 amide bonds. The molecule has 0 saturated heterocycles. The Hall–Kier alpha value is -5.42. The molecule has 5 aromatic carbocycles. The summed E-state index contributed by atoms with van der Waals surface area (Å²) in [5.74, 6) is -0.617. The predicted molar refractivity (Wildman–Crippen MR) is 181 cm³/mol. The van der Waals surface area contributed by atoms with Crippen molar-refractivity contribution in [2.45, 2.75) is 40.9 Å². The summed E-state index contributed by atoms with van der Waals surface area (Å²) < 4.78 is 10.4. The molecule has 0 atom stereocenters. The van der Waals surface area contributed by atoms with Gasteiger partial charge in [0.2, 0.25) is 0 Å². The van der Waals surface area contributed by atoms with E-state index < -0.39 is 0 Å². The SMILES string of the molecule is CC(=O)OCc1ccc(N(c2ccc(C=C(c3ccc(C)cc3)c3ccc(C)cc3)cc2)c2ccc(COC(C)=O)cc2)cc1. The van der Waals surface area contributed by atoms with Gasteiger partial charge in [0.25, 0.3) is 0 Å². The standard InChI is InChI=1S/C40H37NO4/c1-28-5-15-35(16-6-28)40(36-17-7-29(2)8-18-36)25-32-9-19-37(20-10-32)41(38-21-11-33(12-22-38)26-44-30(3)42)39-23-13-34(14-24-39)27-45-31(4)43/h5-25H,26-27H2,1-4H3. The van der Waals surface area contributed by atoms with Gasteiger partial charge in [-0.25, -0.2) is 0 Å². The summed E-state index contributed by atoms with van der Waals surface area (Å²) in [4.78, 5) is 24.8. The second kappa shape index (κ2) is 14.4. The van der Waals surface area contributed by atoms with E-state index in [9.17, 15) is 9.59 Å². The first-order valence-corrected chi connectivity index (χ1v) is 15.0. The minimum absolute atomic E-state index is 0.228. The smallest absolute Gasteiger partial charge is 0.302 e. The van der Waals surface area contributed by atoms with Crippen LogP contribution in [0.5, 0.6) is 0 Å². The molecule has 0 aromatic heterocycles. The first-order valence-electron chi connectivity index (χ1n) is 15.0. The van der Waals surface area contributed by atoms with E-state index in [-0.39, 0.29) is 25.2 Å². The first kappa shape index (κ1) is 31.0. The average molecular weight is 596 g/mol. The van der Waals surface area contributed by atoms with Crippen molar-refractivity contribution >= 4 is 40.6 Å². The third kappa shape index (κ3) is 8.36. The topological polar surface area (TPSA) is 55.8 Å². The molecule has 5 heteroatoms. The predicted octanol–water partition coefficient (Wildman–Crippen LogP) is 9.49. The molecule has 0 heterocycles. The average Bonchev–Trinajstić information content (AvgIpc) is 3.04. The van der Waals surface area contributed by atoms with Crippen LogP contribution in [0.25, 0.3) is 11.6 Å². The Labute approximate surface area is 265 Å². The Kier molecular flexibility index (Phi) is 9.90. The molecule has 0 fully saturated rings. The lowest BCUT2D eigenvalue weighted by Crippen LogP contribution is -2.10. The number of rotatable bonds is 10. The number of esters is 2. The summed E-state index contributed by atoms with van der Waals surface area (Å²) in [7, 11) is 0. The van der Waals surface area contributed by atoms with Crippen molar-refractivity contribution < 1.29 is 19.1 Å². The molecule has 0 aliphatic heterocycles. The summed E-state index contributed by atoms with van der Waals surface area (Å²) in [6, 6.07) is 41.7. The Morgan fingerprint density at radius 3 is 1.24 bits per heavy atom. The van der Waals surface area contributed by atoms with E-state index in [1.54, 1.807) is 0 Å². The zero-order valence-electron chi connectivity index (χ0n) is 26.1. The van der Waals surface area contributed by atoms with Crippen LogP contribution >= 0.6 is 0 Å². The van der Waals surface area contributed by atoms with Gasteiger partial charge >= 0.3 is 11.9 Å². The number of hydrogen-bond acceptors (Lipinski definition) is 5. The number of carbonyl (C=O) groups excluding carboxylic acids is 2. The third-order valence-electron chi connectivity index (χ3n) is 7.46. The zero-order valence-corrected chi connectivity index (χ0v) is 26.1. The third-order valence-corrected chi connectivity index (χ3v) is 7.46. The number of hydrogen-bond donors (Lipinski definition) is 0. The molecule has 5 aromatic rings. The van der Waals surface area contributed by atoms with E-state index in [0.717, 1.165) is 50.5 Å². The van der Waals surface area contributed by atoms with Crippen LogP contribution in [0.1, 0.15) is 52.8 Å². The number of aryl methyl sites for hydroxylation is 2. The molecule has 0 unspecified atom stereocenters. The van der Waals surface area contributed by atoms with Gasteiger partial charge in [0.05, 0.1) is 0 Å². The Bertz CT molecular complexity index is 1660. The van der Waals surface area contributed by atoms with Crippen molar-refractivity contribution in [3.05, 3.63) is 160 Å². The van der Waals surface area contributed by atoms with Crippen molar-refractivity contribution in [3.63, 3.8) is 0 Å². The maximum Gasteiger partial charge on any atom is 0.302 e. The fourth-order valence-corrected chi connectivity index (χ4v) is 4.99. The van der Waals surface area contributed by atoms with E-state index >= 15 is 0 Å². The minimum atomic E-state index is -0.309. The highest BCUT2D eigenvalue weighted by Gasteiger charge is 2.14. The van der Waals surface area contributed by atoms with Crippen LogP contribution < -0.4 is 4.90 Å². The van der Waals surface area contributed by atoms with Gasteiger partial charge in [-0.1, -0.05) is 96.1 Å². The van der Waals surface area contributed by atoms with E-state index in [1.165, 1.54) is 25.0 Å². The summed E-state index contributed by atoms with van der Waals surface area (Å²) >= 11 is 0. The van der Waals surface area contributed by atoms with Gasteiger partial charge in [-0.15, -0.1) is 0 Å². The van der Waals surface area contributed by atoms with Crippen LogP contribution in [-0.2, 0) is 32.3 Å². The maximum atomic E-state index is 11.3. The van der Waals surface area contributed by atoms with Crippen LogP contribution in [0, 0.1) is 13.8 Å². The molecule has 0 N–H and O–H groups in total. The normalized spacial score (nSPS) is 10.6. The lowest BCUT2D eigenvalue weighted by Gasteiger charge is -2.26. The highest BCUT2D eigenvalue weighted by atomic mass is 16.5. The van der Waals surface area contributed by atoms with Gasteiger partial charge in [0.15, 0.2) is 0 Å². The second-order valence-electron chi connectivity index (χ2n) is 11.1. The van der Waals surface area contributed by atoms with Gasteiger partial charge in [-0.2, -0.15) is 0 Å². The van der Waals surface area contributed by atoms with Crippen molar-refractivity contribution in [3.8, 4) is 0 Å². The second-order valence-corrected chi connectivity index (χ2v) is 11.1. The van der Waals surface area contributed by atoms with E-state index in [2.05, 4.69) is 97.6 Å². The fourth-order valence-electron chi connectivity index (χ4n) is 4.99. The molecule has 0 aliphatic rings. The van der Waals surface area contributed by atoms with Crippen LogP contribution in [0.4, 0.5) is 17.1 Å². The Balaban J connectivity index is 1.50. The van der Waals surface area contributed by atoms with Crippen molar-refractivity contribution in [2.75, 3.05) is 4.90 Å². The molecule has 5 rings (SSSR count). The minimum Gasteiger partial charge on any atom is -0.461 e. The molecule has 226 valence electrons. The highest BCUT2D eigenvalue weighted by Crippen LogP contribution is 2.36. The largest absolute Gasteiger partial charge is 0.461 e. The molecule has 0 saturated carbocycles. The quantitative estimate of drug-likeness (QED) is 0.119. The van der Waals surface area contributed by atoms with Crippen LogP contribution in [0.2, 0.25) is 0 Å². The fraction of sp³-hybridized carbons (Fsp3) is 0.150. The molecule has 5 nitrogen and oxygen atoms in total. The molecule has 45 heavy (non-hydrogen) atoms. The monoisotopic (exact) mass is 595 g/mol. The molecule has 0 spiro atoms. The first-order chi connectivity index (χ1) is 21.7. The summed E-state index contributed by atoms with van der Waals surface area (Å²) in [5, 5.41) is 0. The van der Waals surface area contributed by atoms with Gasteiger partial charge in [0, 0.05) is 30.9 Å². The summed E-state index contributed by atoms with van der Waals surface area (Å²) in [6.45, 7) is 7.47.